The Morgan fingerprint density at radius 1 is 1.50 bits per heavy atom. The van der Waals surface area contributed by atoms with E-state index in [2.05, 4.69) is 13.0 Å². The van der Waals surface area contributed by atoms with Crippen molar-refractivity contribution >= 4 is 11.6 Å². The highest BCUT2D eigenvalue weighted by atomic mass is 35.5. The summed E-state index contributed by atoms with van der Waals surface area (Å²) in [7, 11) is 0. The van der Waals surface area contributed by atoms with Gasteiger partial charge in [0.05, 0.1) is 11.6 Å². The van der Waals surface area contributed by atoms with Crippen LogP contribution in [0.4, 0.5) is 0 Å². The molecular weight excluding hydrogens is 172 g/mol. The highest BCUT2D eigenvalue weighted by molar-refractivity contribution is 6.32. The van der Waals surface area contributed by atoms with E-state index in [1.54, 1.807) is 0 Å². The summed E-state index contributed by atoms with van der Waals surface area (Å²) in [5.74, 6) is 0.897. The quantitative estimate of drug-likeness (QED) is 0.649. The normalized spacial score (nSPS) is 14.2. The largest absolute Gasteiger partial charge is 0.491 e. The molecule has 0 unspecified atom stereocenters. The molecule has 64 valence electrons. The second-order valence-corrected chi connectivity index (χ2v) is 3.43. The summed E-state index contributed by atoms with van der Waals surface area (Å²) in [6.45, 7) is 2.91. The lowest BCUT2D eigenvalue weighted by Gasteiger charge is -2.04. The van der Waals surface area contributed by atoms with Crippen LogP contribution in [0, 0.1) is 0 Å². The van der Waals surface area contributed by atoms with Gasteiger partial charge in [0.1, 0.15) is 5.75 Å². The Morgan fingerprint density at radius 3 is 3.08 bits per heavy atom. The second kappa shape index (κ2) is 2.98. The summed E-state index contributed by atoms with van der Waals surface area (Å²) in [6, 6.07) is 4.18. The molecule has 0 N–H and O–H groups in total. The predicted molar refractivity (Wildman–Crippen MR) is 50.0 cm³/mol. The van der Waals surface area contributed by atoms with Gasteiger partial charge in [-0.05, 0) is 23.6 Å². The average molecular weight is 183 g/mol. The molecule has 0 spiro atoms. The second-order valence-electron chi connectivity index (χ2n) is 3.02. The molecule has 2 heteroatoms. The summed E-state index contributed by atoms with van der Waals surface area (Å²) in [5, 5.41) is 0.766. The Balaban J connectivity index is 2.51. The lowest BCUT2D eigenvalue weighted by Crippen LogP contribution is -1.86. The van der Waals surface area contributed by atoms with Gasteiger partial charge in [-0.3, -0.25) is 0 Å². The molecule has 0 bridgehead atoms. The monoisotopic (exact) mass is 182 g/mol. The van der Waals surface area contributed by atoms with E-state index in [1.807, 2.05) is 6.07 Å². The first kappa shape index (κ1) is 7.93. The summed E-state index contributed by atoms with van der Waals surface area (Å²) >= 11 is 6.03. The fourth-order valence-corrected chi connectivity index (χ4v) is 1.84. The Kier molecular flexibility index (Phi) is 1.97. The van der Waals surface area contributed by atoms with Gasteiger partial charge in [-0.1, -0.05) is 24.6 Å². The van der Waals surface area contributed by atoms with E-state index >= 15 is 0 Å². The first-order chi connectivity index (χ1) is 5.81. The lowest BCUT2D eigenvalue weighted by molar-refractivity contribution is 0.357. The molecule has 12 heavy (non-hydrogen) atoms. The van der Waals surface area contributed by atoms with E-state index in [-0.39, 0.29) is 0 Å². The average Bonchev–Trinajstić information content (AvgIpc) is 2.52. The van der Waals surface area contributed by atoms with E-state index in [9.17, 15) is 0 Å². The fraction of sp³-hybridized carbons (Fsp3) is 0.400. The van der Waals surface area contributed by atoms with E-state index in [0.29, 0.717) is 0 Å². The molecule has 1 heterocycles. The number of fused-ring (bicyclic) bond motifs is 1. The Morgan fingerprint density at radius 2 is 2.33 bits per heavy atom. The SMILES string of the molecule is CCc1cc(Cl)c2c(c1)CCO2. The van der Waals surface area contributed by atoms with E-state index in [1.165, 1.54) is 11.1 Å². The molecule has 1 aliphatic rings. The van der Waals surface area contributed by atoms with Gasteiger partial charge >= 0.3 is 0 Å². The topological polar surface area (TPSA) is 9.23 Å². The van der Waals surface area contributed by atoms with Crippen molar-refractivity contribution in [1.82, 2.24) is 0 Å². The Hall–Kier alpha value is -0.690. The molecule has 0 fully saturated rings. The van der Waals surface area contributed by atoms with Crippen molar-refractivity contribution in [1.29, 1.82) is 0 Å². The first-order valence-corrected chi connectivity index (χ1v) is 4.63. The van der Waals surface area contributed by atoms with Crippen LogP contribution in [0.2, 0.25) is 5.02 Å². The third-order valence-electron chi connectivity index (χ3n) is 2.21. The molecule has 0 amide bonds. The van der Waals surface area contributed by atoms with Crippen LogP contribution < -0.4 is 4.74 Å². The Labute approximate surface area is 77.3 Å². The van der Waals surface area contributed by atoms with Gasteiger partial charge in [0.25, 0.3) is 0 Å². The molecule has 0 aromatic heterocycles. The van der Waals surface area contributed by atoms with Gasteiger partial charge in [0.2, 0.25) is 0 Å². The molecule has 1 nitrogen and oxygen atoms in total. The number of rotatable bonds is 1. The molecular formula is C10H11ClO. The summed E-state index contributed by atoms with van der Waals surface area (Å²) in [5.41, 5.74) is 2.56. The standard InChI is InChI=1S/C10H11ClO/c1-2-7-5-8-3-4-12-10(8)9(11)6-7/h5-6H,2-4H2,1H3. The minimum atomic E-state index is 0.766. The van der Waals surface area contributed by atoms with Gasteiger partial charge in [0, 0.05) is 6.42 Å². The number of hydrogen-bond donors (Lipinski definition) is 0. The zero-order valence-electron chi connectivity index (χ0n) is 7.06. The highest BCUT2D eigenvalue weighted by Crippen LogP contribution is 2.34. The minimum absolute atomic E-state index is 0.766. The predicted octanol–water partition coefficient (Wildman–Crippen LogP) is 2.84. The maximum Gasteiger partial charge on any atom is 0.141 e. The first-order valence-electron chi connectivity index (χ1n) is 4.25. The van der Waals surface area contributed by atoms with Crippen LogP contribution >= 0.6 is 11.6 Å². The van der Waals surface area contributed by atoms with Crippen LogP contribution in [0.5, 0.6) is 5.75 Å². The van der Waals surface area contributed by atoms with Crippen LogP contribution in [-0.2, 0) is 12.8 Å². The van der Waals surface area contributed by atoms with Crippen LogP contribution in [-0.4, -0.2) is 6.61 Å². The molecule has 0 saturated heterocycles. The van der Waals surface area contributed by atoms with Gasteiger partial charge < -0.3 is 4.74 Å². The molecule has 2 rings (SSSR count). The van der Waals surface area contributed by atoms with Crippen molar-refractivity contribution in [3.05, 3.63) is 28.3 Å². The summed E-state index contributed by atoms with van der Waals surface area (Å²) in [6.07, 6.45) is 2.04. The number of hydrogen-bond acceptors (Lipinski definition) is 1. The molecule has 0 radical (unpaired) electrons. The Bertz CT molecular complexity index is 307. The van der Waals surface area contributed by atoms with Gasteiger partial charge in [-0.2, -0.15) is 0 Å². The van der Waals surface area contributed by atoms with Crippen molar-refractivity contribution in [2.75, 3.05) is 6.61 Å². The van der Waals surface area contributed by atoms with Crippen molar-refractivity contribution in [2.45, 2.75) is 19.8 Å². The van der Waals surface area contributed by atoms with Crippen molar-refractivity contribution < 1.29 is 4.74 Å². The van der Waals surface area contributed by atoms with Crippen molar-refractivity contribution in [3.63, 3.8) is 0 Å². The van der Waals surface area contributed by atoms with Gasteiger partial charge in [-0.15, -0.1) is 0 Å². The molecule has 0 atom stereocenters. The van der Waals surface area contributed by atoms with Crippen LogP contribution in [0.1, 0.15) is 18.1 Å². The van der Waals surface area contributed by atoms with Crippen LogP contribution in [0.25, 0.3) is 0 Å². The lowest BCUT2D eigenvalue weighted by atomic mass is 10.1. The van der Waals surface area contributed by atoms with Gasteiger partial charge in [0.15, 0.2) is 0 Å². The zero-order chi connectivity index (χ0) is 8.55. The van der Waals surface area contributed by atoms with Crippen molar-refractivity contribution in [2.24, 2.45) is 0 Å². The molecule has 1 aromatic carbocycles. The molecule has 0 saturated carbocycles. The van der Waals surface area contributed by atoms with Crippen LogP contribution in [0.15, 0.2) is 12.1 Å². The highest BCUT2D eigenvalue weighted by Gasteiger charge is 2.15. The minimum Gasteiger partial charge on any atom is -0.491 e. The zero-order valence-corrected chi connectivity index (χ0v) is 7.82. The third kappa shape index (κ3) is 1.18. The third-order valence-corrected chi connectivity index (χ3v) is 2.49. The molecule has 0 aliphatic carbocycles. The van der Waals surface area contributed by atoms with E-state index < -0.39 is 0 Å². The number of halogens is 1. The molecule has 1 aliphatic heterocycles. The van der Waals surface area contributed by atoms with Gasteiger partial charge in [-0.25, -0.2) is 0 Å². The molecule has 1 aromatic rings. The number of aryl methyl sites for hydroxylation is 1. The smallest absolute Gasteiger partial charge is 0.141 e. The van der Waals surface area contributed by atoms with E-state index in [4.69, 9.17) is 16.3 Å². The van der Waals surface area contributed by atoms with Crippen molar-refractivity contribution in [3.8, 4) is 5.75 Å². The fourth-order valence-electron chi connectivity index (χ4n) is 1.53. The number of ether oxygens (including phenoxy) is 1. The maximum absolute atomic E-state index is 6.03. The summed E-state index contributed by atoms with van der Waals surface area (Å²) in [4.78, 5) is 0. The number of benzene rings is 1. The van der Waals surface area contributed by atoms with Crippen LogP contribution in [0.3, 0.4) is 0 Å². The summed E-state index contributed by atoms with van der Waals surface area (Å²) < 4.78 is 5.40. The maximum atomic E-state index is 6.03. The van der Waals surface area contributed by atoms with E-state index in [0.717, 1.165) is 30.2 Å².